The predicted octanol–water partition coefficient (Wildman–Crippen LogP) is -0.376. The highest BCUT2D eigenvalue weighted by atomic mass is 16.1. The molecule has 1 heterocycles. The van der Waals surface area contributed by atoms with E-state index in [1.165, 1.54) is 0 Å². The molecule has 1 saturated heterocycles. The number of Topliss-reactive ketones (excluding diaryl/α,β-unsaturated/α-hetero) is 1. The van der Waals surface area contributed by atoms with Crippen LogP contribution in [-0.4, -0.2) is 50.5 Å². The van der Waals surface area contributed by atoms with Gasteiger partial charge in [-0.25, -0.2) is 0 Å². The maximum absolute atomic E-state index is 11.4. The van der Waals surface area contributed by atoms with Crippen LogP contribution >= 0.6 is 0 Å². The molecule has 0 bridgehead atoms. The maximum atomic E-state index is 11.4. The van der Waals surface area contributed by atoms with Crippen molar-refractivity contribution in [2.24, 2.45) is 0 Å². The second kappa shape index (κ2) is 2.91. The first-order valence-corrected chi connectivity index (χ1v) is 4.06. The molecule has 1 rings (SSSR count). The Hall–Kier alpha value is -0.410. The summed E-state index contributed by atoms with van der Waals surface area (Å²) < 4.78 is 0.742. The number of ketones is 1. The zero-order valence-corrected chi connectivity index (χ0v) is 7.55. The Kier molecular flexibility index (Phi) is 2.30. The zero-order chi connectivity index (χ0) is 8.48. The maximum Gasteiger partial charge on any atom is 0.192 e. The first-order chi connectivity index (χ1) is 5.02. The molecule has 0 aromatic carbocycles. The molecule has 0 aromatic rings. The number of nitrogens with one attached hydrogen (secondary N) is 1. The number of quaternary nitrogens is 1. The Bertz CT molecular complexity index is 160. The lowest BCUT2D eigenvalue weighted by molar-refractivity contribution is -0.885. The molecule has 1 fully saturated rings. The molecule has 0 radical (unpaired) electrons. The highest BCUT2D eigenvalue weighted by molar-refractivity contribution is 5.84. The molecule has 0 aliphatic carbocycles. The van der Waals surface area contributed by atoms with Gasteiger partial charge in [0.2, 0.25) is 0 Å². The summed E-state index contributed by atoms with van der Waals surface area (Å²) in [6.07, 6.45) is 0.695. The molecular weight excluding hydrogens is 140 g/mol. The Balaban J connectivity index is 2.62. The summed E-state index contributed by atoms with van der Waals surface area (Å²) in [6, 6.07) is 0.156. The number of rotatable bonds is 1. The van der Waals surface area contributed by atoms with Crippen molar-refractivity contribution >= 4 is 5.78 Å². The largest absolute Gasteiger partial charge is 0.321 e. The monoisotopic (exact) mass is 157 g/mol. The fourth-order valence-corrected chi connectivity index (χ4v) is 1.44. The lowest BCUT2D eigenvalue weighted by Crippen LogP contribution is -2.57. The van der Waals surface area contributed by atoms with E-state index in [1.54, 1.807) is 0 Å². The second-order valence-corrected chi connectivity index (χ2v) is 4.05. The molecule has 11 heavy (non-hydrogen) atoms. The van der Waals surface area contributed by atoms with E-state index in [-0.39, 0.29) is 6.04 Å². The van der Waals surface area contributed by atoms with E-state index in [0.29, 0.717) is 12.2 Å². The van der Waals surface area contributed by atoms with Crippen molar-refractivity contribution in [1.82, 2.24) is 5.32 Å². The van der Waals surface area contributed by atoms with Crippen LogP contribution in [0.1, 0.15) is 6.42 Å². The number of likely N-dealkylation sites (N-methyl/N-ethyl adjacent to an activating group) is 1. The van der Waals surface area contributed by atoms with Crippen LogP contribution in [0.3, 0.4) is 0 Å². The molecule has 0 aromatic heterocycles. The van der Waals surface area contributed by atoms with Crippen molar-refractivity contribution in [2.75, 3.05) is 34.2 Å². The van der Waals surface area contributed by atoms with Crippen LogP contribution in [0.4, 0.5) is 0 Å². The lowest BCUT2D eigenvalue weighted by atomic mass is 10.0. The van der Waals surface area contributed by atoms with Crippen LogP contribution < -0.4 is 5.32 Å². The van der Waals surface area contributed by atoms with Gasteiger partial charge in [0.15, 0.2) is 11.8 Å². The fraction of sp³-hybridized carbons (Fsp3) is 0.875. The van der Waals surface area contributed by atoms with Gasteiger partial charge < -0.3 is 9.80 Å². The van der Waals surface area contributed by atoms with Gasteiger partial charge in [0, 0.05) is 13.0 Å². The van der Waals surface area contributed by atoms with Crippen molar-refractivity contribution in [3.8, 4) is 0 Å². The molecule has 64 valence electrons. The minimum atomic E-state index is 0.156. The first-order valence-electron chi connectivity index (χ1n) is 4.06. The van der Waals surface area contributed by atoms with Crippen LogP contribution in [-0.2, 0) is 4.79 Å². The summed E-state index contributed by atoms with van der Waals surface area (Å²) in [4.78, 5) is 11.4. The summed E-state index contributed by atoms with van der Waals surface area (Å²) in [5.74, 6) is 0.399. The van der Waals surface area contributed by atoms with Crippen molar-refractivity contribution < 1.29 is 9.28 Å². The normalized spacial score (nSPS) is 27.2. The SMILES string of the molecule is C[N+](C)(C)C1CNCCC1=O. The summed E-state index contributed by atoms with van der Waals surface area (Å²) in [6.45, 7) is 1.69. The van der Waals surface area contributed by atoms with E-state index in [2.05, 4.69) is 26.5 Å². The van der Waals surface area contributed by atoms with Gasteiger partial charge in [-0.1, -0.05) is 0 Å². The van der Waals surface area contributed by atoms with Crippen LogP contribution in [0, 0.1) is 0 Å². The average molecular weight is 157 g/mol. The van der Waals surface area contributed by atoms with Crippen molar-refractivity contribution in [2.45, 2.75) is 12.5 Å². The molecule has 3 heteroatoms. The molecule has 1 aliphatic heterocycles. The van der Waals surface area contributed by atoms with Gasteiger partial charge in [-0.15, -0.1) is 0 Å². The van der Waals surface area contributed by atoms with E-state index in [4.69, 9.17) is 0 Å². The molecule has 0 amide bonds. The highest BCUT2D eigenvalue weighted by Crippen LogP contribution is 2.08. The van der Waals surface area contributed by atoms with Crippen LogP contribution in [0.2, 0.25) is 0 Å². The van der Waals surface area contributed by atoms with E-state index < -0.39 is 0 Å². The fourth-order valence-electron chi connectivity index (χ4n) is 1.44. The molecule has 1 N–H and O–H groups in total. The topological polar surface area (TPSA) is 29.1 Å². The quantitative estimate of drug-likeness (QED) is 0.526. The number of carbonyl (C=O) groups is 1. The van der Waals surface area contributed by atoms with Crippen molar-refractivity contribution in [1.29, 1.82) is 0 Å². The molecule has 1 aliphatic rings. The second-order valence-electron chi connectivity index (χ2n) is 4.05. The summed E-state index contributed by atoms with van der Waals surface area (Å²) in [7, 11) is 6.20. The summed E-state index contributed by atoms with van der Waals surface area (Å²) in [5.41, 5.74) is 0. The number of hydrogen-bond donors (Lipinski definition) is 1. The van der Waals surface area contributed by atoms with Crippen LogP contribution in [0.15, 0.2) is 0 Å². The Labute approximate surface area is 68.0 Å². The van der Waals surface area contributed by atoms with Gasteiger partial charge in [0.05, 0.1) is 27.7 Å². The minimum Gasteiger partial charge on any atom is -0.321 e. The van der Waals surface area contributed by atoms with Gasteiger partial charge in [-0.05, 0) is 0 Å². The number of hydrogen-bond acceptors (Lipinski definition) is 2. The number of carbonyl (C=O) groups excluding carboxylic acids is 1. The molecule has 0 spiro atoms. The van der Waals surface area contributed by atoms with Gasteiger partial charge in [0.25, 0.3) is 0 Å². The van der Waals surface area contributed by atoms with Crippen LogP contribution in [0.25, 0.3) is 0 Å². The lowest BCUT2D eigenvalue weighted by Gasteiger charge is -2.35. The van der Waals surface area contributed by atoms with Gasteiger partial charge in [-0.2, -0.15) is 0 Å². The minimum absolute atomic E-state index is 0.156. The third-order valence-electron chi connectivity index (χ3n) is 2.19. The highest BCUT2D eigenvalue weighted by Gasteiger charge is 2.32. The molecule has 0 saturated carbocycles. The summed E-state index contributed by atoms with van der Waals surface area (Å²) in [5, 5.41) is 3.24. The van der Waals surface area contributed by atoms with E-state index in [9.17, 15) is 4.79 Å². The van der Waals surface area contributed by atoms with Gasteiger partial charge in [0.1, 0.15) is 0 Å². The van der Waals surface area contributed by atoms with E-state index in [0.717, 1.165) is 17.6 Å². The van der Waals surface area contributed by atoms with Crippen molar-refractivity contribution in [3.63, 3.8) is 0 Å². The van der Waals surface area contributed by atoms with E-state index in [1.807, 2.05) is 0 Å². The van der Waals surface area contributed by atoms with Crippen molar-refractivity contribution in [3.05, 3.63) is 0 Å². The first kappa shape index (κ1) is 8.68. The predicted molar refractivity (Wildman–Crippen MR) is 44.3 cm³/mol. The zero-order valence-electron chi connectivity index (χ0n) is 7.55. The molecule has 1 unspecified atom stereocenters. The molecule has 3 nitrogen and oxygen atoms in total. The Morgan fingerprint density at radius 1 is 1.45 bits per heavy atom. The third-order valence-corrected chi connectivity index (χ3v) is 2.19. The Morgan fingerprint density at radius 3 is 2.45 bits per heavy atom. The van der Waals surface area contributed by atoms with Gasteiger partial charge >= 0.3 is 0 Å². The standard InChI is InChI=1S/C8H17N2O/c1-10(2,3)7-6-9-5-4-8(7)11/h7,9H,4-6H2,1-3H3/q+1. The van der Waals surface area contributed by atoms with Gasteiger partial charge in [-0.3, -0.25) is 4.79 Å². The van der Waals surface area contributed by atoms with E-state index >= 15 is 0 Å². The molecular formula is C8H17N2O+. The Morgan fingerprint density at radius 2 is 2.09 bits per heavy atom. The smallest absolute Gasteiger partial charge is 0.192 e. The number of nitrogens with zero attached hydrogens (tertiary/aromatic N) is 1. The number of piperidine rings is 1. The molecule has 1 atom stereocenters. The average Bonchev–Trinajstić information content (AvgIpc) is 1.86. The van der Waals surface area contributed by atoms with Crippen LogP contribution in [0.5, 0.6) is 0 Å². The summed E-state index contributed by atoms with van der Waals surface area (Å²) >= 11 is 0. The third kappa shape index (κ3) is 2.01.